The van der Waals surface area contributed by atoms with Crippen LogP contribution in [0.5, 0.6) is 0 Å². The lowest BCUT2D eigenvalue weighted by molar-refractivity contribution is -0.137. The lowest BCUT2D eigenvalue weighted by atomic mass is 9.99. The fraction of sp³-hybridized carbons (Fsp3) is 0.200. The first-order valence-corrected chi connectivity index (χ1v) is 12.8. The van der Waals surface area contributed by atoms with Gasteiger partial charge >= 0.3 is 6.18 Å². The average Bonchev–Trinajstić information content (AvgIpc) is 2.80. The maximum absolute atomic E-state index is 13.6. The quantitative estimate of drug-likeness (QED) is 0.405. The number of benzene rings is 2. The molecule has 0 aliphatic rings. The van der Waals surface area contributed by atoms with Crippen molar-refractivity contribution in [2.24, 2.45) is 10.7 Å². The summed E-state index contributed by atoms with van der Waals surface area (Å²) >= 11 is 6.46. The number of allylic oxidation sites excluding steroid dienone is 1. The van der Waals surface area contributed by atoms with Crippen molar-refractivity contribution in [3.63, 3.8) is 0 Å². The summed E-state index contributed by atoms with van der Waals surface area (Å²) in [6.45, 7) is 2.76. The Labute approximate surface area is 211 Å². The summed E-state index contributed by atoms with van der Waals surface area (Å²) < 4.78 is 64.5. The molecular formula is C25H23ClF3N3O3S. The minimum Gasteiger partial charge on any atom is -0.398 e. The van der Waals surface area contributed by atoms with Crippen LogP contribution < -0.4 is 5.73 Å². The number of hydrogen-bond acceptors (Lipinski definition) is 6. The van der Waals surface area contributed by atoms with Crippen LogP contribution in [-0.4, -0.2) is 36.1 Å². The summed E-state index contributed by atoms with van der Waals surface area (Å²) in [4.78, 5) is 8.04. The molecule has 0 spiro atoms. The minimum absolute atomic E-state index is 0.105. The van der Waals surface area contributed by atoms with E-state index in [1.54, 1.807) is 36.4 Å². The van der Waals surface area contributed by atoms with Gasteiger partial charge in [0.15, 0.2) is 9.84 Å². The van der Waals surface area contributed by atoms with Gasteiger partial charge < -0.3 is 10.8 Å². The van der Waals surface area contributed by atoms with E-state index in [0.717, 1.165) is 24.7 Å². The van der Waals surface area contributed by atoms with Crippen molar-refractivity contribution >= 4 is 32.8 Å². The molecule has 0 saturated carbocycles. The number of aromatic nitrogens is 1. The lowest BCUT2D eigenvalue weighted by Gasteiger charge is -2.21. The van der Waals surface area contributed by atoms with E-state index in [2.05, 4.69) is 9.98 Å². The number of alkyl halides is 3. The summed E-state index contributed by atoms with van der Waals surface area (Å²) in [5.74, 6) is 0. The molecule has 0 amide bonds. The molecule has 6 nitrogen and oxygen atoms in total. The van der Waals surface area contributed by atoms with Crippen LogP contribution in [0.25, 0.3) is 11.1 Å². The first kappa shape index (κ1) is 27.4. The number of nitrogens with two attached hydrogens (primary N) is 1. The topological polar surface area (TPSA) is 106 Å². The maximum Gasteiger partial charge on any atom is 0.418 e. The van der Waals surface area contributed by atoms with Gasteiger partial charge in [-0.15, -0.1) is 0 Å². The predicted octanol–water partition coefficient (Wildman–Crippen LogP) is 5.47. The van der Waals surface area contributed by atoms with Crippen molar-refractivity contribution in [3.8, 4) is 11.1 Å². The molecule has 0 radical (unpaired) electrons. The van der Waals surface area contributed by atoms with Gasteiger partial charge in [-0.2, -0.15) is 13.2 Å². The van der Waals surface area contributed by atoms with Gasteiger partial charge in [-0.3, -0.25) is 4.98 Å². The Morgan fingerprint density at radius 2 is 1.69 bits per heavy atom. The van der Waals surface area contributed by atoms with E-state index in [-0.39, 0.29) is 21.3 Å². The molecule has 0 atom stereocenters. The molecule has 3 N–H and O–H groups in total. The number of rotatable bonds is 6. The highest BCUT2D eigenvalue weighted by atomic mass is 35.5. The summed E-state index contributed by atoms with van der Waals surface area (Å²) in [6.07, 6.45) is -1.63. The SMILES string of the molecule is CC(C)(O)C(N)=C(Cl)C(=Nc1cnccc1C(F)(F)F)c1ccc(-c2cccc(S(C)(=O)=O)c2)cc1. The number of aliphatic hydroxyl groups is 1. The second kappa shape index (κ2) is 10.0. The predicted molar refractivity (Wildman–Crippen MR) is 134 cm³/mol. The number of hydrogen-bond donors (Lipinski definition) is 2. The van der Waals surface area contributed by atoms with Crippen molar-refractivity contribution in [1.82, 2.24) is 4.98 Å². The Morgan fingerprint density at radius 1 is 1.06 bits per heavy atom. The molecular weight excluding hydrogens is 515 g/mol. The molecule has 0 aliphatic heterocycles. The molecule has 0 fully saturated rings. The Balaban J connectivity index is 2.18. The van der Waals surface area contributed by atoms with Gasteiger partial charge in [0.2, 0.25) is 0 Å². The van der Waals surface area contributed by atoms with Crippen molar-refractivity contribution in [1.29, 1.82) is 0 Å². The van der Waals surface area contributed by atoms with E-state index < -0.39 is 32.9 Å². The van der Waals surface area contributed by atoms with Crippen LogP contribution >= 0.6 is 11.6 Å². The second-order valence-corrected chi connectivity index (χ2v) is 10.9. The fourth-order valence-corrected chi connectivity index (χ4v) is 4.25. The van der Waals surface area contributed by atoms with Crippen LogP contribution in [0.4, 0.5) is 18.9 Å². The third kappa shape index (κ3) is 6.31. The molecule has 0 unspecified atom stereocenters. The molecule has 3 rings (SSSR count). The number of sulfone groups is 1. The van der Waals surface area contributed by atoms with Crippen molar-refractivity contribution in [2.45, 2.75) is 30.5 Å². The lowest BCUT2D eigenvalue weighted by Crippen LogP contribution is -2.30. The Morgan fingerprint density at radius 3 is 2.25 bits per heavy atom. The fourth-order valence-electron chi connectivity index (χ4n) is 3.20. The van der Waals surface area contributed by atoms with Gasteiger partial charge in [0, 0.05) is 18.0 Å². The van der Waals surface area contributed by atoms with Gasteiger partial charge in [-0.25, -0.2) is 13.4 Å². The molecule has 1 heterocycles. The standard InChI is InChI=1S/C25H23ClF3N3O3S/c1-24(2,33)23(30)21(26)22(32-20-14-31-12-11-19(20)25(27,28)29)16-9-7-15(8-10-16)17-5-4-6-18(13-17)36(3,34)35/h4-14,33H,30H2,1-3H3. The zero-order valence-corrected chi connectivity index (χ0v) is 21.1. The van der Waals surface area contributed by atoms with E-state index in [9.17, 15) is 26.7 Å². The first-order chi connectivity index (χ1) is 16.6. The summed E-state index contributed by atoms with van der Waals surface area (Å²) in [5.41, 5.74) is 4.22. The van der Waals surface area contributed by atoms with E-state index in [4.69, 9.17) is 17.3 Å². The molecule has 0 aliphatic carbocycles. The van der Waals surface area contributed by atoms with Gasteiger partial charge in [-0.1, -0.05) is 48.0 Å². The van der Waals surface area contributed by atoms with Gasteiger partial charge in [0.25, 0.3) is 0 Å². The molecule has 0 saturated heterocycles. The van der Waals surface area contributed by atoms with Gasteiger partial charge in [-0.05, 0) is 43.2 Å². The first-order valence-electron chi connectivity index (χ1n) is 10.5. The Hall–Kier alpha value is -3.21. The van der Waals surface area contributed by atoms with Crippen LogP contribution in [0.15, 0.2) is 87.6 Å². The maximum atomic E-state index is 13.6. The molecule has 1 aromatic heterocycles. The van der Waals surface area contributed by atoms with Gasteiger partial charge in [0.05, 0.1) is 44.4 Å². The van der Waals surface area contributed by atoms with E-state index in [1.165, 1.54) is 26.0 Å². The zero-order chi connectivity index (χ0) is 26.9. The highest BCUT2D eigenvalue weighted by Crippen LogP contribution is 2.37. The van der Waals surface area contributed by atoms with Crippen LogP contribution in [0.2, 0.25) is 0 Å². The summed E-state index contributed by atoms with van der Waals surface area (Å²) in [6, 6.07) is 13.5. The Bertz CT molecular complexity index is 1440. The number of pyridine rings is 1. The molecule has 2 aromatic carbocycles. The Kier molecular flexibility index (Phi) is 7.64. The van der Waals surface area contributed by atoms with E-state index in [0.29, 0.717) is 16.7 Å². The summed E-state index contributed by atoms with van der Waals surface area (Å²) in [5, 5.41) is 10.1. The van der Waals surface area contributed by atoms with Crippen LogP contribution in [0.3, 0.4) is 0 Å². The number of nitrogens with zero attached hydrogens (tertiary/aromatic N) is 2. The smallest absolute Gasteiger partial charge is 0.398 e. The molecule has 0 bridgehead atoms. The van der Waals surface area contributed by atoms with Gasteiger partial charge in [0.1, 0.15) is 0 Å². The second-order valence-electron chi connectivity index (χ2n) is 8.52. The minimum atomic E-state index is -4.70. The normalized spacial score (nSPS) is 13.9. The van der Waals surface area contributed by atoms with E-state index >= 15 is 0 Å². The zero-order valence-electron chi connectivity index (χ0n) is 19.5. The van der Waals surface area contributed by atoms with E-state index in [1.807, 2.05) is 0 Å². The van der Waals surface area contributed by atoms with Crippen molar-refractivity contribution < 1.29 is 26.7 Å². The molecule has 190 valence electrons. The highest BCUT2D eigenvalue weighted by molar-refractivity contribution is 7.90. The highest BCUT2D eigenvalue weighted by Gasteiger charge is 2.34. The van der Waals surface area contributed by atoms with Crippen LogP contribution in [-0.2, 0) is 16.0 Å². The molecule has 36 heavy (non-hydrogen) atoms. The van der Waals surface area contributed by atoms with Crippen molar-refractivity contribution in [3.05, 3.63) is 88.8 Å². The van der Waals surface area contributed by atoms with Crippen LogP contribution in [0, 0.1) is 0 Å². The third-order valence-corrected chi connectivity index (χ3v) is 6.69. The monoisotopic (exact) mass is 537 g/mol. The largest absolute Gasteiger partial charge is 0.418 e. The number of halogens is 4. The average molecular weight is 538 g/mol. The number of aliphatic imine (C=N–C) groups is 1. The van der Waals surface area contributed by atoms with Crippen LogP contribution in [0.1, 0.15) is 25.0 Å². The third-order valence-electron chi connectivity index (χ3n) is 5.20. The summed E-state index contributed by atoms with van der Waals surface area (Å²) in [7, 11) is -3.42. The van der Waals surface area contributed by atoms with Crippen molar-refractivity contribution in [2.75, 3.05) is 6.26 Å². The molecule has 11 heteroatoms. The molecule has 3 aromatic rings.